The average molecular weight is 290 g/mol. The molecule has 3 heteroatoms. The van der Waals surface area contributed by atoms with E-state index in [9.17, 15) is 4.39 Å². The summed E-state index contributed by atoms with van der Waals surface area (Å²) in [5.41, 5.74) is 2.45. The summed E-state index contributed by atoms with van der Waals surface area (Å²) in [6, 6.07) is 16.1. The standard InChI is InChI=1S/C17H17ClFN/c18-16-8-12(6-7-17(16)19)11-20-15-9-14(10-15)13-4-2-1-3-5-13/h1-8,14-15,20H,9-11H2. The van der Waals surface area contributed by atoms with E-state index in [0.717, 1.165) is 12.1 Å². The highest BCUT2D eigenvalue weighted by atomic mass is 35.5. The molecule has 0 saturated heterocycles. The number of halogens is 2. The molecule has 0 atom stereocenters. The monoisotopic (exact) mass is 289 g/mol. The zero-order chi connectivity index (χ0) is 13.9. The van der Waals surface area contributed by atoms with Gasteiger partial charge < -0.3 is 5.32 Å². The minimum Gasteiger partial charge on any atom is -0.310 e. The lowest BCUT2D eigenvalue weighted by atomic mass is 9.76. The van der Waals surface area contributed by atoms with Crippen molar-refractivity contribution < 1.29 is 4.39 Å². The Morgan fingerprint density at radius 3 is 2.55 bits per heavy atom. The number of hydrogen-bond donors (Lipinski definition) is 1. The van der Waals surface area contributed by atoms with Crippen LogP contribution < -0.4 is 5.32 Å². The van der Waals surface area contributed by atoms with Gasteiger partial charge in [0.05, 0.1) is 5.02 Å². The Hall–Kier alpha value is -1.38. The van der Waals surface area contributed by atoms with E-state index in [1.165, 1.54) is 24.5 Å². The summed E-state index contributed by atoms with van der Waals surface area (Å²) in [6.45, 7) is 0.742. The minimum absolute atomic E-state index is 0.195. The third kappa shape index (κ3) is 3.02. The van der Waals surface area contributed by atoms with Gasteiger partial charge in [0.15, 0.2) is 0 Å². The molecule has 1 saturated carbocycles. The van der Waals surface area contributed by atoms with Crippen LogP contribution in [0.2, 0.25) is 5.02 Å². The molecule has 0 radical (unpaired) electrons. The Bertz CT molecular complexity index is 579. The van der Waals surface area contributed by atoms with Crippen LogP contribution >= 0.6 is 11.6 Å². The van der Waals surface area contributed by atoms with Crippen molar-refractivity contribution in [1.29, 1.82) is 0 Å². The van der Waals surface area contributed by atoms with Crippen molar-refractivity contribution in [3.8, 4) is 0 Å². The van der Waals surface area contributed by atoms with E-state index < -0.39 is 0 Å². The lowest BCUT2D eigenvalue weighted by Crippen LogP contribution is -2.39. The first-order valence-corrected chi connectivity index (χ1v) is 7.32. The molecule has 2 aromatic rings. The molecule has 3 rings (SSSR count). The second kappa shape index (κ2) is 5.94. The van der Waals surface area contributed by atoms with Gasteiger partial charge in [-0.15, -0.1) is 0 Å². The van der Waals surface area contributed by atoms with Crippen LogP contribution in [0.3, 0.4) is 0 Å². The topological polar surface area (TPSA) is 12.0 Å². The van der Waals surface area contributed by atoms with E-state index in [1.54, 1.807) is 12.1 Å². The summed E-state index contributed by atoms with van der Waals surface area (Å²) in [5, 5.41) is 3.70. The first-order valence-electron chi connectivity index (χ1n) is 6.94. The summed E-state index contributed by atoms with van der Waals surface area (Å²) < 4.78 is 13.1. The van der Waals surface area contributed by atoms with Crippen molar-refractivity contribution in [3.63, 3.8) is 0 Å². The number of rotatable bonds is 4. The highest BCUT2D eigenvalue weighted by molar-refractivity contribution is 6.30. The van der Waals surface area contributed by atoms with Gasteiger partial charge in [0.2, 0.25) is 0 Å². The minimum atomic E-state index is -0.358. The highest BCUT2D eigenvalue weighted by Gasteiger charge is 2.29. The first-order chi connectivity index (χ1) is 9.72. The van der Waals surface area contributed by atoms with E-state index in [0.29, 0.717) is 12.0 Å². The van der Waals surface area contributed by atoms with Gasteiger partial charge >= 0.3 is 0 Å². The molecule has 0 amide bonds. The SMILES string of the molecule is Fc1ccc(CNC2CC(c3ccccc3)C2)cc1Cl. The molecular weight excluding hydrogens is 273 g/mol. The third-order valence-electron chi connectivity index (χ3n) is 3.99. The molecule has 20 heavy (non-hydrogen) atoms. The molecule has 0 bridgehead atoms. The molecule has 0 unspecified atom stereocenters. The smallest absolute Gasteiger partial charge is 0.141 e. The molecule has 2 aromatic carbocycles. The van der Waals surface area contributed by atoms with Crippen molar-refractivity contribution in [3.05, 3.63) is 70.5 Å². The van der Waals surface area contributed by atoms with E-state index in [-0.39, 0.29) is 10.8 Å². The first kappa shape index (κ1) is 13.6. The fourth-order valence-electron chi connectivity index (χ4n) is 2.69. The van der Waals surface area contributed by atoms with Crippen LogP contribution in [0, 0.1) is 5.82 Å². The number of nitrogens with one attached hydrogen (secondary N) is 1. The molecule has 0 aliphatic heterocycles. The zero-order valence-electron chi connectivity index (χ0n) is 11.2. The lowest BCUT2D eigenvalue weighted by molar-refractivity contribution is 0.289. The van der Waals surface area contributed by atoms with Gasteiger partial charge in [-0.25, -0.2) is 4.39 Å². The van der Waals surface area contributed by atoms with Crippen LogP contribution in [-0.4, -0.2) is 6.04 Å². The van der Waals surface area contributed by atoms with Gasteiger partial charge in [0, 0.05) is 12.6 Å². The largest absolute Gasteiger partial charge is 0.310 e. The van der Waals surface area contributed by atoms with Crippen molar-refractivity contribution in [2.45, 2.75) is 31.3 Å². The van der Waals surface area contributed by atoms with Gasteiger partial charge in [-0.2, -0.15) is 0 Å². The van der Waals surface area contributed by atoms with Crippen LogP contribution in [0.25, 0.3) is 0 Å². The molecular formula is C17H17ClFN. The fourth-order valence-corrected chi connectivity index (χ4v) is 2.90. The van der Waals surface area contributed by atoms with Gasteiger partial charge in [-0.3, -0.25) is 0 Å². The molecule has 1 aliphatic carbocycles. The van der Waals surface area contributed by atoms with Gasteiger partial charge in [0.25, 0.3) is 0 Å². The molecule has 0 spiro atoms. The average Bonchev–Trinajstić information content (AvgIpc) is 2.42. The van der Waals surface area contributed by atoms with E-state index in [2.05, 4.69) is 35.6 Å². The molecule has 1 fully saturated rings. The van der Waals surface area contributed by atoms with Crippen molar-refractivity contribution >= 4 is 11.6 Å². The highest BCUT2D eigenvalue weighted by Crippen LogP contribution is 2.36. The van der Waals surface area contributed by atoms with Crippen LogP contribution in [0.5, 0.6) is 0 Å². The van der Waals surface area contributed by atoms with Crippen LogP contribution in [0.1, 0.15) is 29.9 Å². The number of hydrogen-bond acceptors (Lipinski definition) is 1. The van der Waals surface area contributed by atoms with Crippen LogP contribution in [0.15, 0.2) is 48.5 Å². The molecule has 1 N–H and O–H groups in total. The second-order valence-corrected chi connectivity index (χ2v) is 5.81. The molecule has 0 heterocycles. The Morgan fingerprint density at radius 1 is 1.10 bits per heavy atom. The van der Waals surface area contributed by atoms with Crippen molar-refractivity contribution in [2.75, 3.05) is 0 Å². The predicted molar refractivity (Wildman–Crippen MR) is 80.5 cm³/mol. The summed E-state index contributed by atoms with van der Waals surface area (Å²) >= 11 is 5.78. The molecule has 1 nitrogen and oxygen atoms in total. The normalized spacial score (nSPS) is 21.5. The maximum absolute atomic E-state index is 13.1. The molecule has 0 aromatic heterocycles. The second-order valence-electron chi connectivity index (χ2n) is 5.41. The Labute approximate surface area is 123 Å². The van der Waals surface area contributed by atoms with Crippen molar-refractivity contribution in [1.82, 2.24) is 5.32 Å². The quantitative estimate of drug-likeness (QED) is 0.873. The summed E-state index contributed by atoms with van der Waals surface area (Å²) in [6.07, 6.45) is 2.33. The number of benzene rings is 2. The van der Waals surface area contributed by atoms with Gasteiger partial charge in [-0.05, 0) is 42.0 Å². The fraction of sp³-hybridized carbons (Fsp3) is 0.294. The maximum atomic E-state index is 13.1. The lowest BCUT2D eigenvalue weighted by Gasteiger charge is -2.36. The molecule has 1 aliphatic rings. The van der Waals surface area contributed by atoms with Crippen molar-refractivity contribution in [2.24, 2.45) is 0 Å². The summed E-state index contributed by atoms with van der Waals surface area (Å²) in [5.74, 6) is 0.314. The van der Waals surface area contributed by atoms with Gasteiger partial charge in [-0.1, -0.05) is 48.0 Å². The summed E-state index contributed by atoms with van der Waals surface area (Å²) in [7, 11) is 0. The van der Waals surface area contributed by atoms with Crippen LogP contribution in [0.4, 0.5) is 4.39 Å². The zero-order valence-corrected chi connectivity index (χ0v) is 11.9. The van der Waals surface area contributed by atoms with Gasteiger partial charge in [0.1, 0.15) is 5.82 Å². The Balaban J connectivity index is 1.48. The maximum Gasteiger partial charge on any atom is 0.141 e. The molecule has 104 valence electrons. The third-order valence-corrected chi connectivity index (χ3v) is 4.28. The Morgan fingerprint density at radius 2 is 1.85 bits per heavy atom. The van der Waals surface area contributed by atoms with E-state index in [1.807, 2.05) is 0 Å². The summed E-state index contributed by atoms with van der Waals surface area (Å²) in [4.78, 5) is 0. The van der Waals surface area contributed by atoms with Crippen LogP contribution in [-0.2, 0) is 6.54 Å². The predicted octanol–water partition coefficient (Wildman–Crippen LogP) is 4.51. The Kier molecular flexibility index (Phi) is 4.04. The van der Waals surface area contributed by atoms with E-state index in [4.69, 9.17) is 11.6 Å². The van der Waals surface area contributed by atoms with E-state index >= 15 is 0 Å².